The van der Waals surface area contributed by atoms with Crippen LogP contribution in [-0.4, -0.2) is 54.9 Å². The Kier molecular flexibility index (Phi) is 9.48. The Balaban J connectivity index is 0.00000312. The topological polar surface area (TPSA) is 57.1 Å². The summed E-state index contributed by atoms with van der Waals surface area (Å²) in [5.74, 6) is 1.14. The zero-order valence-electron chi connectivity index (χ0n) is 15.0. The van der Waals surface area contributed by atoms with Crippen molar-refractivity contribution in [1.82, 2.24) is 10.2 Å². The molecule has 0 bridgehead atoms. The van der Waals surface area contributed by atoms with Crippen molar-refractivity contribution in [1.29, 1.82) is 0 Å². The Labute approximate surface area is 166 Å². The van der Waals surface area contributed by atoms with Crippen molar-refractivity contribution in [2.45, 2.75) is 38.2 Å². The van der Waals surface area contributed by atoms with Gasteiger partial charge in [0, 0.05) is 13.6 Å². The van der Waals surface area contributed by atoms with Crippen LogP contribution < -0.4 is 10.1 Å². The van der Waals surface area contributed by atoms with Crippen LogP contribution in [-0.2, 0) is 0 Å². The number of hydrogen-bond donors (Lipinski definition) is 2. The number of guanidine groups is 1. The van der Waals surface area contributed by atoms with Gasteiger partial charge in [0.25, 0.3) is 0 Å². The summed E-state index contributed by atoms with van der Waals surface area (Å²) < 4.78 is 18.5. The van der Waals surface area contributed by atoms with E-state index >= 15 is 0 Å². The molecule has 0 heterocycles. The number of nitrogens with zero attached hydrogens (tertiary/aromatic N) is 2. The lowest BCUT2D eigenvalue weighted by Gasteiger charge is -2.25. The fourth-order valence-electron chi connectivity index (χ4n) is 2.82. The highest BCUT2D eigenvalue weighted by Crippen LogP contribution is 2.29. The van der Waals surface area contributed by atoms with Gasteiger partial charge in [-0.05, 0) is 44.0 Å². The summed E-state index contributed by atoms with van der Waals surface area (Å²) >= 11 is 0. The highest BCUT2D eigenvalue weighted by atomic mass is 127. The summed E-state index contributed by atoms with van der Waals surface area (Å²) in [7, 11) is 1.94. The van der Waals surface area contributed by atoms with Crippen LogP contribution in [0.15, 0.2) is 29.3 Å². The molecule has 0 amide bonds. The number of aliphatic imine (C=N–C) groups is 1. The van der Waals surface area contributed by atoms with Crippen LogP contribution in [0.3, 0.4) is 0 Å². The molecule has 1 aliphatic carbocycles. The maximum Gasteiger partial charge on any atom is 0.193 e. The molecule has 0 unspecified atom stereocenters. The van der Waals surface area contributed by atoms with Crippen LogP contribution in [0, 0.1) is 5.82 Å². The van der Waals surface area contributed by atoms with Gasteiger partial charge in [-0.1, -0.05) is 12.8 Å². The number of ether oxygens (including phenoxy) is 1. The molecular weight excluding hydrogens is 436 g/mol. The molecule has 1 aromatic rings. The average Bonchev–Trinajstić information content (AvgIpc) is 3.00. The van der Waals surface area contributed by atoms with E-state index in [4.69, 9.17) is 4.74 Å². The molecule has 2 rings (SSSR count). The van der Waals surface area contributed by atoms with E-state index in [-0.39, 0.29) is 29.8 Å². The minimum absolute atomic E-state index is 0. The molecule has 2 N–H and O–H groups in total. The van der Waals surface area contributed by atoms with Crippen LogP contribution in [0.2, 0.25) is 0 Å². The second-order valence-corrected chi connectivity index (χ2v) is 6.33. The fraction of sp³-hybridized carbons (Fsp3) is 0.611. The van der Waals surface area contributed by atoms with Gasteiger partial charge in [0.15, 0.2) is 5.96 Å². The maximum atomic E-state index is 12.9. The zero-order chi connectivity index (χ0) is 17.4. The molecule has 5 nitrogen and oxygen atoms in total. The molecule has 1 fully saturated rings. The minimum Gasteiger partial charge on any atom is -0.492 e. The third kappa shape index (κ3) is 7.35. The molecule has 0 aliphatic heterocycles. The Bertz CT molecular complexity index is 534. The molecule has 25 heavy (non-hydrogen) atoms. The number of benzene rings is 1. The largest absolute Gasteiger partial charge is 0.492 e. The number of halogens is 2. The SMILES string of the molecule is CCNC(=NCC1(O)CCCC1)N(C)CCOc1ccc(F)cc1.I. The Morgan fingerprint density at radius 3 is 2.56 bits per heavy atom. The monoisotopic (exact) mass is 465 g/mol. The lowest BCUT2D eigenvalue weighted by molar-refractivity contribution is 0.0572. The van der Waals surface area contributed by atoms with E-state index < -0.39 is 5.60 Å². The molecule has 1 aromatic carbocycles. The first-order valence-corrected chi connectivity index (χ1v) is 8.62. The van der Waals surface area contributed by atoms with Crippen LogP contribution in [0.1, 0.15) is 32.6 Å². The molecule has 0 aromatic heterocycles. The van der Waals surface area contributed by atoms with Crippen molar-refractivity contribution in [2.24, 2.45) is 4.99 Å². The van der Waals surface area contributed by atoms with E-state index in [9.17, 15) is 9.50 Å². The molecule has 0 spiro atoms. The lowest BCUT2D eigenvalue weighted by atomic mass is 10.0. The zero-order valence-corrected chi connectivity index (χ0v) is 17.3. The first-order chi connectivity index (χ1) is 11.5. The van der Waals surface area contributed by atoms with Crippen LogP contribution in [0.4, 0.5) is 4.39 Å². The highest BCUT2D eigenvalue weighted by molar-refractivity contribution is 14.0. The van der Waals surface area contributed by atoms with Gasteiger partial charge in [-0.2, -0.15) is 0 Å². The third-order valence-electron chi connectivity index (χ3n) is 4.26. The predicted octanol–water partition coefficient (Wildman–Crippen LogP) is 3.02. The molecule has 0 atom stereocenters. The van der Waals surface area contributed by atoms with Gasteiger partial charge in [0.05, 0.1) is 18.7 Å². The first-order valence-electron chi connectivity index (χ1n) is 8.62. The van der Waals surface area contributed by atoms with Crippen molar-refractivity contribution in [3.05, 3.63) is 30.1 Å². The highest BCUT2D eigenvalue weighted by Gasteiger charge is 2.30. The Hall–Kier alpha value is -1.09. The van der Waals surface area contributed by atoms with E-state index in [1.54, 1.807) is 12.1 Å². The van der Waals surface area contributed by atoms with E-state index in [1.807, 2.05) is 18.9 Å². The number of hydrogen-bond acceptors (Lipinski definition) is 3. The first kappa shape index (κ1) is 22.0. The summed E-state index contributed by atoms with van der Waals surface area (Å²) in [6.45, 7) is 4.32. The summed E-state index contributed by atoms with van der Waals surface area (Å²) in [5, 5.41) is 13.7. The molecule has 142 valence electrons. The van der Waals surface area contributed by atoms with Gasteiger partial charge in [-0.3, -0.25) is 4.99 Å². The Morgan fingerprint density at radius 1 is 1.32 bits per heavy atom. The third-order valence-corrected chi connectivity index (χ3v) is 4.26. The van der Waals surface area contributed by atoms with Gasteiger partial charge in [-0.25, -0.2) is 4.39 Å². The summed E-state index contributed by atoms with van der Waals surface area (Å²) in [6, 6.07) is 5.99. The van der Waals surface area contributed by atoms with Crippen LogP contribution >= 0.6 is 24.0 Å². The summed E-state index contributed by atoms with van der Waals surface area (Å²) in [6.07, 6.45) is 3.80. The van der Waals surface area contributed by atoms with Gasteiger partial charge in [-0.15, -0.1) is 24.0 Å². The van der Waals surface area contributed by atoms with Crippen molar-refractivity contribution in [3.8, 4) is 5.75 Å². The number of aliphatic hydroxyl groups is 1. The molecule has 7 heteroatoms. The summed E-state index contributed by atoms with van der Waals surface area (Å²) in [5.41, 5.74) is -0.647. The second kappa shape index (κ2) is 10.8. The van der Waals surface area contributed by atoms with Gasteiger partial charge in [0.1, 0.15) is 18.2 Å². The van der Waals surface area contributed by atoms with Crippen molar-refractivity contribution in [2.75, 3.05) is 33.3 Å². The number of nitrogens with one attached hydrogen (secondary N) is 1. The van der Waals surface area contributed by atoms with Gasteiger partial charge in [0.2, 0.25) is 0 Å². The fourth-order valence-corrected chi connectivity index (χ4v) is 2.82. The molecule has 1 aliphatic rings. The molecular formula is C18H29FIN3O2. The second-order valence-electron chi connectivity index (χ2n) is 6.33. The minimum atomic E-state index is -0.647. The summed E-state index contributed by atoms with van der Waals surface area (Å²) in [4.78, 5) is 6.56. The van der Waals surface area contributed by atoms with Crippen LogP contribution in [0.5, 0.6) is 5.75 Å². The van der Waals surface area contributed by atoms with Crippen LogP contribution in [0.25, 0.3) is 0 Å². The van der Waals surface area contributed by atoms with Crippen molar-refractivity contribution in [3.63, 3.8) is 0 Å². The van der Waals surface area contributed by atoms with Crippen molar-refractivity contribution >= 4 is 29.9 Å². The maximum absolute atomic E-state index is 12.9. The quantitative estimate of drug-likeness (QED) is 0.370. The molecule has 0 saturated heterocycles. The molecule has 0 radical (unpaired) electrons. The van der Waals surface area contributed by atoms with E-state index in [0.717, 1.165) is 38.2 Å². The lowest BCUT2D eigenvalue weighted by Crippen LogP contribution is -2.42. The van der Waals surface area contributed by atoms with E-state index in [1.165, 1.54) is 12.1 Å². The smallest absolute Gasteiger partial charge is 0.193 e. The normalized spacial score (nSPS) is 16.2. The molecule has 1 saturated carbocycles. The standard InChI is InChI=1S/C18H28FN3O2.HI/c1-3-20-17(21-14-18(23)10-4-5-11-18)22(2)12-13-24-16-8-6-15(19)7-9-16;/h6-9,23H,3-5,10-14H2,1-2H3,(H,20,21);1H. The predicted molar refractivity (Wildman–Crippen MR) is 109 cm³/mol. The number of likely N-dealkylation sites (N-methyl/N-ethyl adjacent to an activating group) is 1. The van der Waals surface area contributed by atoms with Crippen molar-refractivity contribution < 1.29 is 14.2 Å². The average molecular weight is 465 g/mol. The van der Waals surface area contributed by atoms with Gasteiger partial charge >= 0.3 is 0 Å². The number of rotatable bonds is 7. The van der Waals surface area contributed by atoms with Gasteiger partial charge < -0.3 is 20.1 Å². The van der Waals surface area contributed by atoms with E-state index in [0.29, 0.717) is 25.4 Å². The Morgan fingerprint density at radius 2 is 1.96 bits per heavy atom. The van der Waals surface area contributed by atoms with E-state index in [2.05, 4.69) is 10.3 Å².